The van der Waals surface area contributed by atoms with E-state index in [1.165, 1.54) is 44.5 Å². The Labute approximate surface area is 117 Å². The summed E-state index contributed by atoms with van der Waals surface area (Å²) >= 11 is 0. The Morgan fingerprint density at radius 3 is 3.05 bits per heavy atom. The summed E-state index contributed by atoms with van der Waals surface area (Å²) < 4.78 is 0. The van der Waals surface area contributed by atoms with Gasteiger partial charge in [0.05, 0.1) is 5.69 Å². The van der Waals surface area contributed by atoms with Gasteiger partial charge in [0.2, 0.25) is 0 Å². The molecule has 1 aromatic heterocycles. The maximum atomic E-state index is 4.25. The number of rotatable bonds is 5. The lowest BCUT2D eigenvalue weighted by Gasteiger charge is -2.36. The molecule has 2 heterocycles. The van der Waals surface area contributed by atoms with Crippen LogP contribution in [0.1, 0.15) is 38.7 Å². The van der Waals surface area contributed by atoms with E-state index in [0.29, 0.717) is 6.04 Å². The lowest BCUT2D eigenvalue weighted by Crippen LogP contribution is -2.42. The summed E-state index contributed by atoms with van der Waals surface area (Å²) in [5, 5.41) is 3.63. The number of aryl methyl sites for hydroxylation is 1. The molecule has 1 aromatic rings. The predicted octanol–water partition coefficient (Wildman–Crippen LogP) is 3.31. The van der Waals surface area contributed by atoms with Crippen molar-refractivity contribution in [3.05, 3.63) is 24.0 Å². The van der Waals surface area contributed by atoms with E-state index >= 15 is 0 Å². The van der Waals surface area contributed by atoms with Crippen molar-refractivity contribution < 1.29 is 0 Å². The lowest BCUT2D eigenvalue weighted by molar-refractivity contribution is 0.165. The highest BCUT2D eigenvalue weighted by Crippen LogP contribution is 2.22. The highest BCUT2D eigenvalue weighted by Gasteiger charge is 2.24. The zero-order valence-corrected chi connectivity index (χ0v) is 12.5. The van der Waals surface area contributed by atoms with Gasteiger partial charge in [-0.25, -0.2) is 0 Å². The van der Waals surface area contributed by atoms with Crippen molar-refractivity contribution in [2.75, 3.05) is 25.0 Å². The number of aromatic nitrogens is 1. The Hall–Kier alpha value is -1.09. The van der Waals surface area contributed by atoms with E-state index in [2.05, 4.69) is 42.0 Å². The zero-order chi connectivity index (χ0) is 13.7. The monoisotopic (exact) mass is 261 g/mol. The van der Waals surface area contributed by atoms with Gasteiger partial charge in [-0.1, -0.05) is 6.92 Å². The van der Waals surface area contributed by atoms with Gasteiger partial charge in [0.25, 0.3) is 0 Å². The third-order valence-corrected chi connectivity index (χ3v) is 4.06. The summed E-state index contributed by atoms with van der Waals surface area (Å²) in [5.74, 6) is 0.751. The standard InChI is InChI=1S/C16H27N3/c1-4-7-19-8-5-6-15(12-19)14(3)18-16-9-13(2)10-17-11-16/h9-11,14-15,18H,4-8,12H2,1-3H3. The minimum Gasteiger partial charge on any atom is -0.381 e. The van der Waals surface area contributed by atoms with Crippen molar-refractivity contribution in [2.24, 2.45) is 5.92 Å². The fourth-order valence-corrected chi connectivity index (χ4v) is 3.03. The molecule has 0 spiro atoms. The summed E-state index contributed by atoms with van der Waals surface area (Å²) in [4.78, 5) is 6.87. The molecule has 0 saturated carbocycles. The van der Waals surface area contributed by atoms with Crippen LogP contribution in [-0.4, -0.2) is 35.6 Å². The number of nitrogens with zero attached hydrogens (tertiary/aromatic N) is 2. The topological polar surface area (TPSA) is 28.2 Å². The maximum absolute atomic E-state index is 4.25. The third kappa shape index (κ3) is 4.20. The normalized spacial score (nSPS) is 22.2. The van der Waals surface area contributed by atoms with Crippen LogP contribution in [0.2, 0.25) is 0 Å². The average Bonchev–Trinajstić information content (AvgIpc) is 2.39. The molecule has 3 heteroatoms. The van der Waals surface area contributed by atoms with Crippen molar-refractivity contribution in [1.82, 2.24) is 9.88 Å². The molecular formula is C16H27N3. The molecule has 2 atom stereocenters. The largest absolute Gasteiger partial charge is 0.381 e. The molecule has 106 valence electrons. The van der Waals surface area contributed by atoms with Crippen molar-refractivity contribution in [2.45, 2.75) is 46.1 Å². The first kappa shape index (κ1) is 14.3. The quantitative estimate of drug-likeness (QED) is 0.881. The molecule has 1 aliphatic rings. The van der Waals surface area contributed by atoms with Crippen LogP contribution in [0.3, 0.4) is 0 Å². The molecule has 0 amide bonds. The molecule has 19 heavy (non-hydrogen) atoms. The van der Waals surface area contributed by atoms with E-state index < -0.39 is 0 Å². The number of hydrogen-bond acceptors (Lipinski definition) is 3. The van der Waals surface area contributed by atoms with Crippen molar-refractivity contribution in [1.29, 1.82) is 0 Å². The molecule has 1 saturated heterocycles. The van der Waals surface area contributed by atoms with Gasteiger partial charge in [0.15, 0.2) is 0 Å². The number of pyridine rings is 1. The second kappa shape index (κ2) is 6.90. The average molecular weight is 261 g/mol. The molecule has 1 fully saturated rings. The van der Waals surface area contributed by atoms with Gasteiger partial charge in [-0.15, -0.1) is 0 Å². The van der Waals surface area contributed by atoms with Gasteiger partial charge in [-0.3, -0.25) is 4.98 Å². The van der Waals surface area contributed by atoms with Crippen molar-refractivity contribution in [3.8, 4) is 0 Å². The van der Waals surface area contributed by atoms with E-state index in [1.807, 2.05) is 12.4 Å². The molecule has 2 rings (SSSR count). The molecule has 0 aromatic carbocycles. The molecule has 1 aliphatic heterocycles. The number of nitrogens with one attached hydrogen (secondary N) is 1. The van der Waals surface area contributed by atoms with Gasteiger partial charge < -0.3 is 10.2 Å². The van der Waals surface area contributed by atoms with Gasteiger partial charge in [-0.2, -0.15) is 0 Å². The first-order valence-corrected chi connectivity index (χ1v) is 7.59. The summed E-state index contributed by atoms with van der Waals surface area (Å²) in [6.45, 7) is 10.4. The molecular weight excluding hydrogens is 234 g/mol. The Balaban J connectivity index is 1.90. The number of anilines is 1. The van der Waals surface area contributed by atoms with Crippen LogP contribution in [0.4, 0.5) is 5.69 Å². The van der Waals surface area contributed by atoms with E-state index in [1.54, 1.807) is 0 Å². The van der Waals surface area contributed by atoms with Crippen LogP contribution in [0, 0.1) is 12.8 Å². The molecule has 3 nitrogen and oxygen atoms in total. The van der Waals surface area contributed by atoms with E-state index in [9.17, 15) is 0 Å². The summed E-state index contributed by atoms with van der Waals surface area (Å²) in [7, 11) is 0. The predicted molar refractivity (Wildman–Crippen MR) is 81.5 cm³/mol. The van der Waals surface area contributed by atoms with E-state index in [4.69, 9.17) is 0 Å². The van der Waals surface area contributed by atoms with Gasteiger partial charge >= 0.3 is 0 Å². The van der Waals surface area contributed by atoms with Crippen LogP contribution >= 0.6 is 0 Å². The second-order valence-electron chi connectivity index (χ2n) is 5.89. The van der Waals surface area contributed by atoms with Gasteiger partial charge in [0, 0.05) is 25.0 Å². The van der Waals surface area contributed by atoms with Crippen LogP contribution < -0.4 is 5.32 Å². The smallest absolute Gasteiger partial charge is 0.0531 e. The Morgan fingerprint density at radius 1 is 1.47 bits per heavy atom. The SMILES string of the molecule is CCCN1CCCC(C(C)Nc2cncc(C)c2)C1. The van der Waals surface area contributed by atoms with E-state index in [-0.39, 0.29) is 0 Å². The molecule has 1 N–H and O–H groups in total. The van der Waals surface area contributed by atoms with Crippen LogP contribution in [0.5, 0.6) is 0 Å². The Morgan fingerprint density at radius 2 is 2.32 bits per heavy atom. The fraction of sp³-hybridized carbons (Fsp3) is 0.688. The molecule has 0 bridgehead atoms. The lowest BCUT2D eigenvalue weighted by atomic mass is 9.91. The fourth-order valence-electron chi connectivity index (χ4n) is 3.03. The first-order chi connectivity index (χ1) is 9.19. The number of likely N-dealkylation sites (tertiary alicyclic amines) is 1. The Bertz CT molecular complexity index is 389. The molecule has 0 radical (unpaired) electrons. The van der Waals surface area contributed by atoms with E-state index in [0.717, 1.165) is 11.6 Å². The zero-order valence-electron chi connectivity index (χ0n) is 12.5. The van der Waals surface area contributed by atoms with Crippen molar-refractivity contribution in [3.63, 3.8) is 0 Å². The number of piperidine rings is 1. The Kier molecular flexibility index (Phi) is 5.20. The summed E-state index contributed by atoms with van der Waals surface area (Å²) in [6.07, 6.45) is 7.77. The van der Waals surface area contributed by atoms with Gasteiger partial charge in [-0.05, 0) is 63.7 Å². The van der Waals surface area contributed by atoms with Crippen LogP contribution in [0.15, 0.2) is 18.5 Å². The van der Waals surface area contributed by atoms with Gasteiger partial charge in [0.1, 0.15) is 0 Å². The highest BCUT2D eigenvalue weighted by atomic mass is 15.1. The summed E-state index contributed by atoms with van der Waals surface area (Å²) in [6, 6.07) is 2.69. The second-order valence-corrected chi connectivity index (χ2v) is 5.89. The molecule has 0 aliphatic carbocycles. The molecule has 2 unspecified atom stereocenters. The van der Waals surface area contributed by atoms with Crippen LogP contribution in [0.25, 0.3) is 0 Å². The van der Waals surface area contributed by atoms with Crippen molar-refractivity contribution >= 4 is 5.69 Å². The highest BCUT2D eigenvalue weighted by molar-refractivity contribution is 5.43. The third-order valence-electron chi connectivity index (χ3n) is 4.06. The number of hydrogen-bond donors (Lipinski definition) is 1. The summed E-state index contributed by atoms with van der Waals surface area (Å²) in [5.41, 5.74) is 2.37. The maximum Gasteiger partial charge on any atom is 0.0531 e. The minimum atomic E-state index is 0.517. The first-order valence-electron chi connectivity index (χ1n) is 7.59. The minimum absolute atomic E-state index is 0.517. The van der Waals surface area contributed by atoms with Crippen LogP contribution in [-0.2, 0) is 0 Å².